The van der Waals surface area contributed by atoms with Crippen LogP contribution in [0.4, 0.5) is 5.00 Å². The lowest BCUT2D eigenvalue weighted by molar-refractivity contribution is 0.952. The largest absolute Gasteiger partial charge is 0.373 e. The molecule has 0 aliphatic heterocycles. The van der Waals surface area contributed by atoms with E-state index in [4.69, 9.17) is 16.9 Å². The predicted molar refractivity (Wildman–Crippen MR) is 65.8 cm³/mol. The minimum atomic E-state index is 0.305. The molecule has 0 amide bonds. The van der Waals surface area contributed by atoms with Gasteiger partial charge >= 0.3 is 0 Å². The van der Waals surface area contributed by atoms with Crippen molar-refractivity contribution in [1.82, 2.24) is 4.37 Å². The fourth-order valence-corrected chi connectivity index (χ4v) is 2.98. The number of aromatic nitrogens is 1. The van der Waals surface area contributed by atoms with Crippen LogP contribution in [0.15, 0.2) is 0 Å². The number of anilines is 1. The summed E-state index contributed by atoms with van der Waals surface area (Å²) < 4.78 is 4.33. The number of rotatable bonds is 4. The molecule has 1 aromatic rings. The Kier molecular flexibility index (Phi) is 3.10. The second kappa shape index (κ2) is 4.20. The number of hydrogen-bond donors (Lipinski definition) is 1. The van der Waals surface area contributed by atoms with E-state index in [1.165, 1.54) is 24.4 Å². The van der Waals surface area contributed by atoms with Gasteiger partial charge in [0.2, 0.25) is 0 Å². The first-order valence-electron chi connectivity index (χ1n) is 4.55. The number of nitrogens with zero attached hydrogens (tertiary/aromatic N) is 2. The number of halogens is 1. The molecule has 0 unspecified atom stereocenters. The van der Waals surface area contributed by atoms with Crippen LogP contribution >= 0.6 is 34.9 Å². The van der Waals surface area contributed by atoms with Gasteiger partial charge in [-0.15, -0.1) is 0 Å². The van der Waals surface area contributed by atoms with Crippen molar-refractivity contribution in [2.24, 2.45) is 0 Å². The van der Waals surface area contributed by atoms with Gasteiger partial charge in [0.05, 0.1) is 0 Å². The highest BCUT2D eigenvalue weighted by Crippen LogP contribution is 2.47. The molecule has 0 radical (unpaired) electrons. The van der Waals surface area contributed by atoms with E-state index < -0.39 is 0 Å². The maximum Gasteiger partial charge on any atom is 0.162 e. The Balaban J connectivity index is 2.03. The van der Waals surface area contributed by atoms with E-state index >= 15 is 0 Å². The van der Waals surface area contributed by atoms with Gasteiger partial charge in [-0.3, -0.25) is 0 Å². The van der Waals surface area contributed by atoms with Crippen molar-refractivity contribution in [3.63, 3.8) is 0 Å². The van der Waals surface area contributed by atoms with Crippen molar-refractivity contribution in [3.05, 3.63) is 10.7 Å². The fourth-order valence-electron chi connectivity index (χ4n) is 1.32. The highest BCUT2D eigenvalue weighted by molar-refractivity contribution is 8.00. The van der Waals surface area contributed by atoms with Crippen LogP contribution in [0.25, 0.3) is 0 Å². The van der Waals surface area contributed by atoms with Crippen LogP contribution < -0.4 is 5.32 Å². The normalized spacial score (nSPS) is 17.1. The number of nitriles is 1. The zero-order chi connectivity index (χ0) is 10.9. The Morgan fingerprint density at radius 2 is 2.47 bits per heavy atom. The van der Waals surface area contributed by atoms with E-state index in [1.54, 1.807) is 0 Å². The first-order chi connectivity index (χ1) is 7.21. The zero-order valence-corrected chi connectivity index (χ0v) is 10.6. The topological polar surface area (TPSA) is 48.7 Å². The SMILES string of the molecule is CSC1(CNc2snc(Cl)c2C#N)CC1. The molecule has 1 heterocycles. The van der Waals surface area contributed by atoms with Crippen LogP contribution in [0.5, 0.6) is 0 Å². The fraction of sp³-hybridized carbons (Fsp3) is 0.556. The molecule has 80 valence electrons. The highest BCUT2D eigenvalue weighted by atomic mass is 35.5. The first kappa shape index (κ1) is 11.1. The summed E-state index contributed by atoms with van der Waals surface area (Å²) in [7, 11) is 0. The van der Waals surface area contributed by atoms with Crippen LogP contribution in [0.2, 0.25) is 5.15 Å². The minimum absolute atomic E-state index is 0.305. The monoisotopic (exact) mass is 259 g/mol. The number of hydrogen-bond acceptors (Lipinski definition) is 5. The van der Waals surface area contributed by atoms with Gasteiger partial charge < -0.3 is 5.32 Å². The van der Waals surface area contributed by atoms with Crippen LogP contribution in [0.1, 0.15) is 18.4 Å². The van der Waals surface area contributed by atoms with Crippen molar-refractivity contribution in [2.45, 2.75) is 17.6 Å². The Morgan fingerprint density at radius 1 is 1.73 bits per heavy atom. The van der Waals surface area contributed by atoms with Crippen molar-refractivity contribution in [1.29, 1.82) is 5.26 Å². The van der Waals surface area contributed by atoms with Crippen LogP contribution in [0, 0.1) is 11.3 Å². The van der Waals surface area contributed by atoms with E-state index in [0.717, 1.165) is 11.5 Å². The lowest BCUT2D eigenvalue weighted by Crippen LogP contribution is -2.17. The molecule has 1 saturated carbocycles. The van der Waals surface area contributed by atoms with Crippen molar-refractivity contribution < 1.29 is 0 Å². The van der Waals surface area contributed by atoms with E-state index in [-0.39, 0.29) is 0 Å². The molecule has 0 spiro atoms. The summed E-state index contributed by atoms with van der Waals surface area (Å²) in [6.45, 7) is 0.890. The van der Waals surface area contributed by atoms with E-state index in [1.807, 2.05) is 11.8 Å². The molecule has 0 aromatic carbocycles. The van der Waals surface area contributed by atoms with Crippen molar-refractivity contribution >= 4 is 39.9 Å². The van der Waals surface area contributed by atoms with Gasteiger partial charge in [-0.05, 0) is 30.6 Å². The summed E-state index contributed by atoms with van der Waals surface area (Å²) in [5, 5.41) is 13.2. The number of thioether (sulfide) groups is 1. The van der Waals surface area contributed by atoms with Crippen molar-refractivity contribution in [3.8, 4) is 6.07 Å². The average molecular weight is 260 g/mol. The summed E-state index contributed by atoms with van der Waals surface area (Å²) in [6, 6.07) is 2.07. The third kappa shape index (κ3) is 2.22. The molecule has 3 nitrogen and oxygen atoms in total. The summed E-state index contributed by atoms with van der Waals surface area (Å²) >= 11 is 8.91. The summed E-state index contributed by atoms with van der Waals surface area (Å²) in [6.07, 6.45) is 4.62. The molecule has 2 rings (SSSR count). The van der Waals surface area contributed by atoms with Crippen molar-refractivity contribution in [2.75, 3.05) is 18.1 Å². The molecule has 0 atom stereocenters. The van der Waals surface area contributed by atoms with Gasteiger partial charge in [0, 0.05) is 11.3 Å². The Morgan fingerprint density at radius 3 is 3.00 bits per heavy atom. The molecule has 1 fully saturated rings. The quantitative estimate of drug-likeness (QED) is 0.903. The first-order valence-corrected chi connectivity index (χ1v) is 6.93. The lowest BCUT2D eigenvalue weighted by atomic mass is 10.3. The Hall–Kier alpha value is -0.440. The molecule has 0 saturated heterocycles. The van der Waals surface area contributed by atoms with Gasteiger partial charge in [0.25, 0.3) is 0 Å². The molecule has 1 aliphatic carbocycles. The molecule has 1 aromatic heterocycles. The molecular weight excluding hydrogens is 250 g/mol. The maximum atomic E-state index is 8.88. The second-order valence-electron chi connectivity index (χ2n) is 3.53. The maximum absolute atomic E-state index is 8.88. The smallest absolute Gasteiger partial charge is 0.162 e. The van der Waals surface area contributed by atoms with Gasteiger partial charge in [-0.25, -0.2) is 0 Å². The van der Waals surface area contributed by atoms with E-state index in [9.17, 15) is 0 Å². The molecule has 1 aliphatic rings. The molecule has 6 heteroatoms. The molecular formula is C9H10ClN3S2. The third-order valence-corrected chi connectivity index (χ3v) is 5.17. The standard InChI is InChI=1S/C9H10ClN3S2/c1-14-9(2-3-9)5-12-8-6(4-11)7(10)13-15-8/h12H,2-3,5H2,1H3. The van der Waals surface area contributed by atoms with Gasteiger partial charge in [-0.1, -0.05) is 11.6 Å². The van der Waals surface area contributed by atoms with Gasteiger partial charge in [-0.2, -0.15) is 21.4 Å². The molecule has 1 N–H and O–H groups in total. The van der Waals surface area contributed by atoms with Crippen LogP contribution in [0.3, 0.4) is 0 Å². The minimum Gasteiger partial charge on any atom is -0.373 e. The predicted octanol–water partition coefficient (Wildman–Crippen LogP) is 2.98. The number of nitrogens with one attached hydrogen (secondary N) is 1. The van der Waals surface area contributed by atoms with Gasteiger partial charge in [0.1, 0.15) is 16.6 Å². The van der Waals surface area contributed by atoms with E-state index in [0.29, 0.717) is 15.5 Å². The Bertz CT molecular complexity index is 406. The zero-order valence-electron chi connectivity index (χ0n) is 8.21. The summed E-state index contributed by atoms with van der Waals surface area (Å²) in [4.78, 5) is 0. The Labute approximate surface area is 102 Å². The van der Waals surface area contributed by atoms with Gasteiger partial charge in [0.15, 0.2) is 5.15 Å². The van der Waals surface area contributed by atoms with Crippen LogP contribution in [-0.4, -0.2) is 21.9 Å². The summed E-state index contributed by atoms with van der Waals surface area (Å²) in [5.41, 5.74) is 0.471. The molecule has 15 heavy (non-hydrogen) atoms. The second-order valence-corrected chi connectivity index (χ2v) is 5.94. The lowest BCUT2D eigenvalue weighted by Gasteiger charge is -2.12. The summed E-state index contributed by atoms with van der Waals surface area (Å²) in [5.74, 6) is 0. The molecule has 0 bridgehead atoms. The average Bonchev–Trinajstić information content (AvgIpc) is 2.95. The van der Waals surface area contributed by atoms with Crippen LogP contribution in [-0.2, 0) is 0 Å². The van der Waals surface area contributed by atoms with E-state index in [2.05, 4.69) is 22.0 Å². The highest BCUT2D eigenvalue weighted by Gasteiger charge is 2.41. The third-order valence-electron chi connectivity index (χ3n) is 2.57.